The first-order valence-electron chi connectivity index (χ1n) is 11.9. The predicted octanol–water partition coefficient (Wildman–Crippen LogP) is 5.50. The summed E-state index contributed by atoms with van der Waals surface area (Å²) in [7, 11) is 1.29. The molecule has 8 nitrogen and oxygen atoms in total. The van der Waals surface area contributed by atoms with E-state index in [0.717, 1.165) is 28.9 Å². The minimum atomic E-state index is -0.791. The zero-order chi connectivity index (χ0) is 26.4. The Morgan fingerprint density at radius 2 is 1.81 bits per heavy atom. The second-order valence-electron chi connectivity index (χ2n) is 9.00. The lowest BCUT2D eigenvalue weighted by Crippen LogP contribution is -2.29. The van der Waals surface area contributed by atoms with Gasteiger partial charge in [0, 0.05) is 0 Å². The molecule has 0 radical (unpaired) electrons. The maximum absolute atomic E-state index is 13.9. The van der Waals surface area contributed by atoms with Crippen molar-refractivity contribution in [2.75, 3.05) is 18.6 Å². The summed E-state index contributed by atoms with van der Waals surface area (Å²) < 4.78 is 16.7. The first kappa shape index (κ1) is 24.7. The molecule has 1 atom stereocenters. The van der Waals surface area contributed by atoms with Gasteiger partial charge in [0.2, 0.25) is 5.76 Å². The normalized spacial score (nSPS) is 14.8. The third-order valence-electron chi connectivity index (χ3n) is 6.52. The van der Waals surface area contributed by atoms with Gasteiger partial charge in [0.25, 0.3) is 5.91 Å². The highest BCUT2D eigenvalue weighted by atomic mass is 32.1. The molecule has 9 heteroatoms. The maximum atomic E-state index is 13.9. The van der Waals surface area contributed by atoms with Crippen LogP contribution in [0.25, 0.3) is 11.0 Å². The summed E-state index contributed by atoms with van der Waals surface area (Å²) in [5, 5.41) is 0.691. The van der Waals surface area contributed by atoms with Crippen LogP contribution in [0, 0.1) is 20.8 Å². The number of benzene rings is 2. The maximum Gasteiger partial charge on any atom is 0.350 e. The highest BCUT2D eigenvalue weighted by Crippen LogP contribution is 2.43. The van der Waals surface area contributed by atoms with Crippen LogP contribution >= 0.6 is 11.3 Å². The summed E-state index contributed by atoms with van der Waals surface area (Å²) in [5.41, 5.74) is 3.37. The van der Waals surface area contributed by atoms with Crippen molar-refractivity contribution in [3.8, 4) is 5.75 Å². The summed E-state index contributed by atoms with van der Waals surface area (Å²) in [5.74, 6) is -0.361. The Balaban J connectivity index is 1.73. The number of rotatable bonds is 6. The number of thiazole rings is 1. The van der Waals surface area contributed by atoms with Gasteiger partial charge in [-0.05, 0) is 68.1 Å². The van der Waals surface area contributed by atoms with Crippen LogP contribution in [0.5, 0.6) is 5.75 Å². The number of anilines is 1. The summed E-state index contributed by atoms with van der Waals surface area (Å²) >= 11 is 1.04. The van der Waals surface area contributed by atoms with E-state index in [0.29, 0.717) is 39.5 Å². The summed E-state index contributed by atoms with van der Waals surface area (Å²) in [6.07, 6.45) is 0.874. The molecule has 3 heterocycles. The molecular formula is C28H26N2O6S. The summed E-state index contributed by atoms with van der Waals surface area (Å²) in [4.78, 5) is 46.2. The molecular weight excluding hydrogens is 492 g/mol. The van der Waals surface area contributed by atoms with E-state index in [1.165, 1.54) is 12.0 Å². The Morgan fingerprint density at radius 3 is 2.49 bits per heavy atom. The van der Waals surface area contributed by atoms with E-state index < -0.39 is 17.9 Å². The lowest BCUT2D eigenvalue weighted by atomic mass is 9.97. The van der Waals surface area contributed by atoms with E-state index in [1.54, 1.807) is 19.1 Å². The Morgan fingerprint density at radius 1 is 1.11 bits per heavy atom. The largest absolute Gasteiger partial charge is 0.494 e. The molecule has 1 amide bonds. The van der Waals surface area contributed by atoms with E-state index >= 15 is 0 Å². The Bertz CT molecular complexity index is 1600. The van der Waals surface area contributed by atoms with Gasteiger partial charge in [0.05, 0.1) is 36.4 Å². The van der Waals surface area contributed by atoms with Crippen LogP contribution in [0.4, 0.5) is 5.13 Å². The molecule has 5 rings (SSSR count). The van der Waals surface area contributed by atoms with Gasteiger partial charge < -0.3 is 13.9 Å². The fraction of sp³-hybridized carbons (Fsp3) is 0.286. The second-order valence-corrected chi connectivity index (χ2v) is 9.98. The Labute approximate surface area is 217 Å². The minimum Gasteiger partial charge on any atom is -0.494 e. The first-order valence-corrected chi connectivity index (χ1v) is 12.8. The predicted molar refractivity (Wildman–Crippen MR) is 141 cm³/mol. The molecule has 0 spiro atoms. The van der Waals surface area contributed by atoms with Crippen LogP contribution in [0.15, 0.2) is 45.6 Å². The van der Waals surface area contributed by atoms with Crippen LogP contribution < -0.4 is 15.1 Å². The number of fused-ring (bicyclic) bond motifs is 2. The van der Waals surface area contributed by atoms with Crippen molar-refractivity contribution in [3.63, 3.8) is 0 Å². The van der Waals surface area contributed by atoms with Crippen LogP contribution in [-0.4, -0.2) is 30.6 Å². The highest BCUT2D eigenvalue weighted by Gasteiger charge is 2.45. The zero-order valence-electron chi connectivity index (χ0n) is 21.2. The number of carbonyl (C=O) groups excluding carboxylic acids is 2. The van der Waals surface area contributed by atoms with Gasteiger partial charge in [-0.3, -0.25) is 14.5 Å². The van der Waals surface area contributed by atoms with Crippen molar-refractivity contribution in [1.29, 1.82) is 0 Å². The first-order chi connectivity index (χ1) is 17.7. The van der Waals surface area contributed by atoms with Gasteiger partial charge in [-0.25, -0.2) is 9.78 Å². The van der Waals surface area contributed by atoms with E-state index in [2.05, 4.69) is 4.98 Å². The molecule has 4 aromatic rings. The van der Waals surface area contributed by atoms with Crippen LogP contribution in [-0.2, 0) is 4.74 Å². The molecule has 2 aromatic heterocycles. The van der Waals surface area contributed by atoms with Crippen molar-refractivity contribution in [2.24, 2.45) is 0 Å². The number of hydrogen-bond donors (Lipinski definition) is 0. The standard InChI is InChI=1S/C28H26N2O6S/c1-6-11-35-18-9-7-17(8-10-18)22-21-23(31)19-12-14(2)15(3)13-20(19)36-24(21)26(32)30(22)28-29-16(4)25(37-28)27(33)34-5/h7-10,12-13,22H,6,11H2,1-5H3. The van der Waals surface area contributed by atoms with Gasteiger partial charge in [0.1, 0.15) is 16.2 Å². The van der Waals surface area contributed by atoms with Crippen LogP contribution in [0.3, 0.4) is 0 Å². The van der Waals surface area contributed by atoms with Crippen LogP contribution in [0.2, 0.25) is 0 Å². The number of carbonyl (C=O) groups is 2. The molecule has 0 bridgehead atoms. The summed E-state index contributed by atoms with van der Waals surface area (Å²) in [6, 6.07) is 10.1. The number of amides is 1. The van der Waals surface area contributed by atoms with E-state index in [9.17, 15) is 14.4 Å². The number of hydrogen-bond acceptors (Lipinski definition) is 8. The van der Waals surface area contributed by atoms with Crippen LogP contribution in [0.1, 0.15) is 67.6 Å². The van der Waals surface area contributed by atoms with Crippen molar-refractivity contribution in [1.82, 2.24) is 4.98 Å². The van der Waals surface area contributed by atoms with Crippen molar-refractivity contribution >= 4 is 39.3 Å². The molecule has 0 N–H and O–H groups in total. The molecule has 1 aliphatic rings. The molecule has 0 saturated heterocycles. The van der Waals surface area contributed by atoms with Crippen molar-refractivity contribution in [2.45, 2.75) is 40.2 Å². The SMILES string of the molecule is CCCOc1ccc(C2c3c(oc4cc(C)c(C)cc4c3=O)C(=O)N2c2nc(C)c(C(=O)OC)s2)cc1. The van der Waals surface area contributed by atoms with Gasteiger partial charge in [0.15, 0.2) is 10.6 Å². The van der Waals surface area contributed by atoms with E-state index in [1.807, 2.05) is 45.0 Å². The molecule has 0 saturated carbocycles. The average Bonchev–Trinajstić information content (AvgIpc) is 3.41. The van der Waals surface area contributed by atoms with Gasteiger partial charge in [-0.2, -0.15) is 0 Å². The lowest BCUT2D eigenvalue weighted by Gasteiger charge is -2.22. The highest BCUT2D eigenvalue weighted by molar-refractivity contribution is 7.17. The lowest BCUT2D eigenvalue weighted by molar-refractivity contribution is 0.0605. The molecule has 2 aromatic carbocycles. The molecule has 0 fully saturated rings. The number of methoxy groups -OCH3 is 1. The number of aryl methyl sites for hydroxylation is 3. The Hall–Kier alpha value is -3.98. The zero-order valence-corrected chi connectivity index (χ0v) is 22.0. The smallest absolute Gasteiger partial charge is 0.350 e. The number of nitrogens with zero attached hydrogens (tertiary/aromatic N) is 2. The third kappa shape index (κ3) is 4.09. The van der Waals surface area contributed by atoms with Gasteiger partial charge >= 0.3 is 5.97 Å². The molecule has 190 valence electrons. The van der Waals surface area contributed by atoms with Crippen molar-refractivity contribution < 1.29 is 23.5 Å². The number of esters is 1. The second kappa shape index (κ2) is 9.48. The van der Waals surface area contributed by atoms with Crippen molar-refractivity contribution in [3.05, 3.63) is 85.2 Å². The van der Waals surface area contributed by atoms with Gasteiger partial charge in [-0.15, -0.1) is 0 Å². The monoisotopic (exact) mass is 518 g/mol. The molecule has 1 unspecified atom stereocenters. The van der Waals surface area contributed by atoms with Gasteiger partial charge in [-0.1, -0.05) is 30.4 Å². The fourth-order valence-corrected chi connectivity index (χ4v) is 5.49. The third-order valence-corrected chi connectivity index (χ3v) is 7.65. The molecule has 37 heavy (non-hydrogen) atoms. The summed E-state index contributed by atoms with van der Waals surface area (Å²) in [6.45, 7) is 8.14. The Kier molecular flexibility index (Phi) is 6.33. The number of aromatic nitrogens is 1. The topological polar surface area (TPSA) is 98.9 Å². The molecule has 1 aliphatic heterocycles. The van der Waals surface area contributed by atoms with E-state index in [-0.39, 0.29) is 21.9 Å². The quantitative estimate of drug-likeness (QED) is 0.311. The minimum absolute atomic E-state index is 0.0236. The average molecular weight is 519 g/mol. The molecule has 0 aliphatic carbocycles. The number of ether oxygens (including phenoxy) is 2. The fourth-order valence-electron chi connectivity index (χ4n) is 4.47. The van der Waals surface area contributed by atoms with E-state index in [4.69, 9.17) is 13.9 Å².